The Morgan fingerprint density at radius 2 is 2.09 bits per heavy atom. The van der Waals surface area contributed by atoms with Gasteiger partial charge < -0.3 is 9.64 Å². The van der Waals surface area contributed by atoms with Gasteiger partial charge in [0.2, 0.25) is 0 Å². The van der Waals surface area contributed by atoms with E-state index in [-0.39, 0.29) is 6.09 Å². The molecule has 1 aromatic heterocycles. The van der Waals surface area contributed by atoms with Gasteiger partial charge >= 0.3 is 6.09 Å². The summed E-state index contributed by atoms with van der Waals surface area (Å²) in [7, 11) is 0. The van der Waals surface area contributed by atoms with E-state index in [0.717, 1.165) is 9.21 Å². The quantitative estimate of drug-likeness (QED) is 0.797. The average molecular weight is 341 g/mol. The van der Waals surface area contributed by atoms with Crippen molar-refractivity contribution in [2.75, 3.05) is 13.1 Å². The average Bonchev–Trinajstić information content (AvgIpc) is 2.82. The molecule has 120 valence electrons. The molecule has 1 saturated heterocycles. The highest BCUT2D eigenvalue weighted by Gasteiger charge is 2.37. The molecule has 1 amide bonds. The highest BCUT2D eigenvalue weighted by Crippen LogP contribution is 2.37. The van der Waals surface area contributed by atoms with E-state index in [9.17, 15) is 10.1 Å². The molecule has 0 radical (unpaired) electrons. The number of nitrogens with zero attached hydrogens (tertiary/aromatic N) is 2. The van der Waals surface area contributed by atoms with Gasteiger partial charge in [0.1, 0.15) is 5.60 Å². The zero-order valence-corrected chi connectivity index (χ0v) is 14.8. The number of halogens is 1. The summed E-state index contributed by atoms with van der Waals surface area (Å²) in [4.78, 5) is 14.9. The molecule has 0 spiro atoms. The highest BCUT2D eigenvalue weighted by molar-refractivity contribution is 7.16. The third kappa shape index (κ3) is 4.37. The molecule has 0 unspecified atom stereocenters. The Labute approximate surface area is 140 Å². The summed E-state index contributed by atoms with van der Waals surface area (Å²) in [5, 5.41) is 9.61. The van der Waals surface area contributed by atoms with Gasteiger partial charge in [-0.2, -0.15) is 5.26 Å². The van der Waals surface area contributed by atoms with Gasteiger partial charge in [0, 0.05) is 24.4 Å². The van der Waals surface area contributed by atoms with Crippen LogP contribution in [0, 0.1) is 16.7 Å². The van der Waals surface area contributed by atoms with Gasteiger partial charge in [0.25, 0.3) is 0 Å². The molecule has 6 heteroatoms. The molecule has 0 atom stereocenters. The number of thiophene rings is 1. The van der Waals surface area contributed by atoms with Crippen LogP contribution in [0.4, 0.5) is 4.79 Å². The maximum Gasteiger partial charge on any atom is 0.410 e. The molecule has 0 aromatic carbocycles. The minimum atomic E-state index is -0.492. The molecule has 1 aliphatic heterocycles. The second-order valence-corrected chi connectivity index (χ2v) is 8.54. The van der Waals surface area contributed by atoms with E-state index in [1.165, 1.54) is 11.3 Å². The summed E-state index contributed by atoms with van der Waals surface area (Å²) >= 11 is 7.48. The Morgan fingerprint density at radius 1 is 1.45 bits per heavy atom. The summed E-state index contributed by atoms with van der Waals surface area (Å²) in [6, 6.07) is 6.31. The number of likely N-dealkylation sites (tertiary alicyclic amines) is 1. The predicted molar refractivity (Wildman–Crippen MR) is 88.1 cm³/mol. The predicted octanol–water partition coefficient (Wildman–Crippen LogP) is 4.48. The van der Waals surface area contributed by atoms with Gasteiger partial charge in [0.05, 0.1) is 15.8 Å². The Balaban J connectivity index is 1.97. The van der Waals surface area contributed by atoms with E-state index in [0.29, 0.717) is 32.4 Å². The lowest BCUT2D eigenvalue weighted by molar-refractivity contribution is 0.0149. The molecule has 22 heavy (non-hydrogen) atoms. The van der Waals surface area contributed by atoms with Crippen LogP contribution in [0.3, 0.4) is 0 Å². The lowest BCUT2D eigenvalue weighted by Crippen LogP contribution is -2.45. The van der Waals surface area contributed by atoms with Crippen LogP contribution in [0.1, 0.15) is 38.5 Å². The largest absolute Gasteiger partial charge is 0.444 e. The lowest BCUT2D eigenvalue weighted by Gasteiger charge is -2.37. The number of carbonyl (C=O) groups is 1. The number of nitriles is 1. The summed E-state index contributed by atoms with van der Waals surface area (Å²) in [5.74, 6) is 0. The fourth-order valence-electron chi connectivity index (χ4n) is 2.55. The fourth-order valence-corrected chi connectivity index (χ4v) is 3.78. The summed E-state index contributed by atoms with van der Waals surface area (Å²) in [5.41, 5.74) is -0.902. The number of carbonyl (C=O) groups excluding carboxylic acids is 1. The zero-order chi connectivity index (χ0) is 16.4. The molecule has 2 heterocycles. The molecule has 2 rings (SSSR count). The van der Waals surface area contributed by atoms with Crippen molar-refractivity contribution in [3.63, 3.8) is 0 Å². The number of amides is 1. The van der Waals surface area contributed by atoms with Crippen molar-refractivity contribution in [2.24, 2.45) is 5.41 Å². The number of hydrogen-bond acceptors (Lipinski definition) is 4. The van der Waals surface area contributed by atoms with Gasteiger partial charge in [-0.15, -0.1) is 11.3 Å². The Kier molecular flexibility index (Phi) is 5.03. The molecule has 1 aromatic rings. The first kappa shape index (κ1) is 17.1. The van der Waals surface area contributed by atoms with Gasteiger partial charge in [0.15, 0.2) is 0 Å². The molecule has 0 N–H and O–H groups in total. The minimum absolute atomic E-state index is 0.293. The van der Waals surface area contributed by atoms with Crippen LogP contribution < -0.4 is 0 Å². The van der Waals surface area contributed by atoms with Crippen LogP contribution in [0.5, 0.6) is 0 Å². The first-order valence-corrected chi connectivity index (χ1v) is 8.56. The van der Waals surface area contributed by atoms with Crippen LogP contribution in [-0.2, 0) is 11.2 Å². The number of ether oxygens (including phenoxy) is 1. The van der Waals surface area contributed by atoms with Crippen molar-refractivity contribution < 1.29 is 9.53 Å². The molecule has 1 fully saturated rings. The van der Waals surface area contributed by atoms with Crippen molar-refractivity contribution in [1.82, 2.24) is 4.90 Å². The molecule has 4 nitrogen and oxygen atoms in total. The first-order valence-electron chi connectivity index (χ1n) is 7.36. The molecule has 1 aliphatic rings. The summed E-state index contributed by atoms with van der Waals surface area (Å²) in [6.45, 7) is 6.68. The van der Waals surface area contributed by atoms with Crippen LogP contribution in [0.15, 0.2) is 12.1 Å². The van der Waals surface area contributed by atoms with E-state index in [2.05, 4.69) is 6.07 Å². The number of hydrogen-bond donors (Lipinski definition) is 0. The van der Waals surface area contributed by atoms with Crippen molar-refractivity contribution in [3.05, 3.63) is 21.3 Å². The van der Waals surface area contributed by atoms with Gasteiger partial charge in [-0.1, -0.05) is 11.6 Å². The smallest absolute Gasteiger partial charge is 0.410 e. The van der Waals surface area contributed by atoms with Crippen LogP contribution in [0.2, 0.25) is 4.34 Å². The van der Waals surface area contributed by atoms with Crippen molar-refractivity contribution in [1.29, 1.82) is 5.26 Å². The highest BCUT2D eigenvalue weighted by atomic mass is 35.5. The minimum Gasteiger partial charge on any atom is -0.444 e. The topological polar surface area (TPSA) is 53.3 Å². The number of piperidine rings is 1. The molecule has 0 aliphatic carbocycles. The van der Waals surface area contributed by atoms with Crippen molar-refractivity contribution in [3.8, 4) is 6.07 Å². The van der Waals surface area contributed by atoms with Gasteiger partial charge in [-0.05, 0) is 45.7 Å². The third-order valence-corrected chi connectivity index (χ3v) is 4.98. The standard InChI is InChI=1S/C16H21ClN2O2S/c1-15(2,3)21-14(20)19-8-6-16(11-18,7-9-19)10-12-4-5-13(17)22-12/h4-5H,6-10H2,1-3H3. The van der Waals surface area contributed by atoms with E-state index in [1.54, 1.807) is 4.90 Å². The summed E-state index contributed by atoms with van der Waals surface area (Å²) < 4.78 is 6.13. The Morgan fingerprint density at radius 3 is 2.55 bits per heavy atom. The Bertz CT molecular complexity index is 578. The van der Waals surface area contributed by atoms with Crippen molar-refractivity contribution in [2.45, 2.75) is 45.6 Å². The molecular weight excluding hydrogens is 320 g/mol. The van der Waals surface area contributed by atoms with E-state index in [1.807, 2.05) is 32.9 Å². The lowest BCUT2D eigenvalue weighted by atomic mass is 9.76. The number of rotatable bonds is 2. The maximum atomic E-state index is 12.1. The Hall–Kier alpha value is -1.25. The van der Waals surface area contributed by atoms with Crippen LogP contribution in [-0.4, -0.2) is 29.7 Å². The van der Waals surface area contributed by atoms with E-state index >= 15 is 0 Å². The first-order chi connectivity index (χ1) is 10.2. The van der Waals surface area contributed by atoms with Gasteiger partial charge in [-0.3, -0.25) is 0 Å². The monoisotopic (exact) mass is 340 g/mol. The molecule has 0 bridgehead atoms. The normalized spacial score (nSPS) is 17.9. The second-order valence-electron chi connectivity index (χ2n) is 6.74. The van der Waals surface area contributed by atoms with Crippen LogP contribution in [0.25, 0.3) is 0 Å². The van der Waals surface area contributed by atoms with E-state index < -0.39 is 11.0 Å². The van der Waals surface area contributed by atoms with E-state index in [4.69, 9.17) is 16.3 Å². The molecular formula is C16H21ClN2O2S. The third-order valence-electron chi connectivity index (χ3n) is 3.75. The SMILES string of the molecule is CC(C)(C)OC(=O)N1CCC(C#N)(Cc2ccc(Cl)s2)CC1. The zero-order valence-electron chi connectivity index (χ0n) is 13.2. The van der Waals surface area contributed by atoms with Gasteiger partial charge in [-0.25, -0.2) is 4.79 Å². The van der Waals surface area contributed by atoms with Crippen molar-refractivity contribution >= 4 is 29.0 Å². The maximum absolute atomic E-state index is 12.1. The van der Waals surface area contributed by atoms with Crippen LogP contribution >= 0.6 is 22.9 Å². The summed E-state index contributed by atoms with van der Waals surface area (Å²) in [6.07, 6.45) is 1.73. The fraction of sp³-hybridized carbons (Fsp3) is 0.625. The molecule has 0 saturated carbocycles. The second kappa shape index (κ2) is 6.47.